The summed E-state index contributed by atoms with van der Waals surface area (Å²) in [5, 5.41) is 2.77. The standard InChI is InChI=1S/C19H21NO5/c1-4-11-25-19(22)13-5-8-15(9-6-13)20-18(21)14-7-10-16(23-2)17(12-14)24-3/h5-10,12H,4,11H2,1-3H3,(H,20,21). The van der Waals surface area contributed by atoms with E-state index in [1.165, 1.54) is 14.2 Å². The molecule has 0 aliphatic carbocycles. The summed E-state index contributed by atoms with van der Waals surface area (Å²) in [6, 6.07) is 11.4. The lowest BCUT2D eigenvalue weighted by molar-refractivity contribution is 0.0505. The highest BCUT2D eigenvalue weighted by Crippen LogP contribution is 2.27. The summed E-state index contributed by atoms with van der Waals surface area (Å²) >= 11 is 0. The van der Waals surface area contributed by atoms with Gasteiger partial charge in [0.15, 0.2) is 11.5 Å². The molecular weight excluding hydrogens is 322 g/mol. The summed E-state index contributed by atoms with van der Waals surface area (Å²) in [6.45, 7) is 2.32. The zero-order valence-corrected chi connectivity index (χ0v) is 14.5. The Kier molecular flexibility index (Phi) is 6.39. The number of ether oxygens (including phenoxy) is 3. The van der Waals surface area contributed by atoms with E-state index >= 15 is 0 Å². The smallest absolute Gasteiger partial charge is 0.338 e. The predicted molar refractivity (Wildman–Crippen MR) is 94.5 cm³/mol. The molecule has 25 heavy (non-hydrogen) atoms. The van der Waals surface area contributed by atoms with Crippen molar-refractivity contribution in [2.45, 2.75) is 13.3 Å². The maximum Gasteiger partial charge on any atom is 0.338 e. The van der Waals surface area contributed by atoms with Gasteiger partial charge in [0.1, 0.15) is 0 Å². The molecule has 0 radical (unpaired) electrons. The Bertz CT molecular complexity index is 740. The van der Waals surface area contributed by atoms with Gasteiger partial charge < -0.3 is 19.5 Å². The van der Waals surface area contributed by atoms with Crippen molar-refractivity contribution < 1.29 is 23.8 Å². The molecule has 0 bridgehead atoms. The normalized spacial score (nSPS) is 10.0. The van der Waals surface area contributed by atoms with Crippen molar-refractivity contribution in [2.24, 2.45) is 0 Å². The van der Waals surface area contributed by atoms with Crippen LogP contribution in [0.3, 0.4) is 0 Å². The molecule has 6 nitrogen and oxygen atoms in total. The Morgan fingerprint density at radius 2 is 1.56 bits per heavy atom. The van der Waals surface area contributed by atoms with Crippen molar-refractivity contribution in [3.8, 4) is 11.5 Å². The molecule has 0 aliphatic rings. The number of hydrogen-bond donors (Lipinski definition) is 1. The van der Waals surface area contributed by atoms with Crippen LogP contribution < -0.4 is 14.8 Å². The summed E-state index contributed by atoms with van der Waals surface area (Å²) in [6.07, 6.45) is 0.769. The van der Waals surface area contributed by atoms with Crippen molar-refractivity contribution in [3.05, 3.63) is 53.6 Å². The molecule has 0 saturated carbocycles. The number of amides is 1. The van der Waals surface area contributed by atoms with Gasteiger partial charge >= 0.3 is 5.97 Å². The average Bonchev–Trinajstić information content (AvgIpc) is 2.65. The summed E-state index contributed by atoms with van der Waals surface area (Å²) in [5.41, 5.74) is 1.45. The molecule has 132 valence electrons. The molecule has 0 unspecified atom stereocenters. The highest BCUT2D eigenvalue weighted by molar-refractivity contribution is 6.04. The topological polar surface area (TPSA) is 73.9 Å². The Morgan fingerprint density at radius 3 is 2.16 bits per heavy atom. The van der Waals surface area contributed by atoms with E-state index in [-0.39, 0.29) is 11.9 Å². The lowest BCUT2D eigenvalue weighted by Gasteiger charge is -2.10. The fraction of sp³-hybridized carbons (Fsp3) is 0.263. The SMILES string of the molecule is CCCOC(=O)c1ccc(NC(=O)c2ccc(OC)c(OC)c2)cc1. The molecule has 2 aromatic carbocycles. The van der Waals surface area contributed by atoms with Crippen LogP contribution in [-0.2, 0) is 4.74 Å². The van der Waals surface area contributed by atoms with Crippen LogP contribution in [0.15, 0.2) is 42.5 Å². The van der Waals surface area contributed by atoms with Gasteiger partial charge in [-0.05, 0) is 48.9 Å². The number of rotatable bonds is 7. The van der Waals surface area contributed by atoms with E-state index < -0.39 is 0 Å². The summed E-state index contributed by atoms with van der Waals surface area (Å²) in [7, 11) is 3.04. The fourth-order valence-electron chi connectivity index (χ4n) is 2.15. The van der Waals surface area contributed by atoms with Gasteiger partial charge in [0.05, 0.1) is 26.4 Å². The van der Waals surface area contributed by atoms with E-state index in [0.29, 0.717) is 34.9 Å². The van der Waals surface area contributed by atoms with Gasteiger partial charge in [0, 0.05) is 11.3 Å². The molecule has 0 aromatic heterocycles. The van der Waals surface area contributed by atoms with Crippen LogP contribution in [0, 0.1) is 0 Å². The zero-order chi connectivity index (χ0) is 18.2. The zero-order valence-electron chi connectivity index (χ0n) is 14.5. The lowest BCUT2D eigenvalue weighted by atomic mass is 10.1. The quantitative estimate of drug-likeness (QED) is 0.779. The molecule has 2 aromatic rings. The van der Waals surface area contributed by atoms with Crippen molar-refractivity contribution >= 4 is 17.6 Å². The Morgan fingerprint density at radius 1 is 0.920 bits per heavy atom. The second-order valence-corrected chi connectivity index (χ2v) is 5.24. The summed E-state index contributed by atoms with van der Waals surface area (Å²) in [5.74, 6) is 0.361. The van der Waals surface area contributed by atoms with Crippen molar-refractivity contribution in [3.63, 3.8) is 0 Å². The second-order valence-electron chi connectivity index (χ2n) is 5.24. The van der Waals surface area contributed by atoms with Crippen LogP contribution in [0.25, 0.3) is 0 Å². The van der Waals surface area contributed by atoms with Gasteiger partial charge in [0.25, 0.3) is 5.91 Å². The third kappa shape index (κ3) is 4.73. The number of carbonyl (C=O) groups excluding carboxylic acids is 2. The number of anilines is 1. The third-order valence-corrected chi connectivity index (χ3v) is 3.46. The van der Waals surface area contributed by atoms with E-state index in [2.05, 4.69) is 5.32 Å². The fourth-order valence-corrected chi connectivity index (χ4v) is 2.15. The average molecular weight is 343 g/mol. The molecule has 0 saturated heterocycles. The second kappa shape index (κ2) is 8.73. The minimum Gasteiger partial charge on any atom is -0.493 e. The summed E-state index contributed by atoms with van der Waals surface area (Å²) < 4.78 is 15.4. The highest BCUT2D eigenvalue weighted by atomic mass is 16.5. The molecular formula is C19H21NO5. The van der Waals surface area contributed by atoms with Gasteiger partial charge in [-0.15, -0.1) is 0 Å². The number of carbonyl (C=O) groups is 2. The Hall–Kier alpha value is -3.02. The number of hydrogen-bond acceptors (Lipinski definition) is 5. The first kappa shape index (κ1) is 18.3. The van der Waals surface area contributed by atoms with Gasteiger partial charge in [0.2, 0.25) is 0 Å². The van der Waals surface area contributed by atoms with E-state index in [4.69, 9.17) is 14.2 Å². The molecule has 0 aliphatic heterocycles. The summed E-state index contributed by atoms with van der Waals surface area (Å²) in [4.78, 5) is 24.1. The van der Waals surface area contributed by atoms with Crippen LogP contribution in [0.1, 0.15) is 34.1 Å². The molecule has 6 heteroatoms. The molecule has 0 atom stereocenters. The lowest BCUT2D eigenvalue weighted by Crippen LogP contribution is -2.12. The van der Waals surface area contributed by atoms with E-state index in [1.807, 2.05) is 6.92 Å². The monoisotopic (exact) mass is 343 g/mol. The van der Waals surface area contributed by atoms with Crippen molar-refractivity contribution in [1.82, 2.24) is 0 Å². The molecule has 1 N–H and O–H groups in total. The van der Waals surface area contributed by atoms with Gasteiger partial charge in [-0.2, -0.15) is 0 Å². The minimum atomic E-state index is -0.375. The first-order valence-electron chi connectivity index (χ1n) is 7.89. The maximum atomic E-state index is 12.3. The predicted octanol–water partition coefficient (Wildman–Crippen LogP) is 3.52. The molecule has 0 spiro atoms. The van der Waals surface area contributed by atoms with Crippen LogP contribution >= 0.6 is 0 Å². The number of benzene rings is 2. The largest absolute Gasteiger partial charge is 0.493 e. The number of nitrogens with one attached hydrogen (secondary N) is 1. The first-order valence-corrected chi connectivity index (χ1v) is 7.89. The molecule has 2 rings (SSSR count). The molecule has 0 heterocycles. The van der Waals surface area contributed by atoms with E-state index in [9.17, 15) is 9.59 Å². The van der Waals surface area contributed by atoms with Crippen LogP contribution in [-0.4, -0.2) is 32.7 Å². The first-order chi connectivity index (χ1) is 12.1. The van der Waals surface area contributed by atoms with E-state index in [0.717, 1.165) is 6.42 Å². The molecule has 0 fully saturated rings. The minimum absolute atomic E-state index is 0.290. The Balaban J connectivity index is 2.06. The number of methoxy groups -OCH3 is 2. The van der Waals surface area contributed by atoms with Gasteiger partial charge in [-0.3, -0.25) is 4.79 Å². The van der Waals surface area contributed by atoms with Crippen LogP contribution in [0.2, 0.25) is 0 Å². The van der Waals surface area contributed by atoms with Crippen molar-refractivity contribution in [2.75, 3.05) is 26.1 Å². The van der Waals surface area contributed by atoms with Crippen LogP contribution in [0.5, 0.6) is 11.5 Å². The maximum absolute atomic E-state index is 12.3. The van der Waals surface area contributed by atoms with Gasteiger partial charge in [-0.25, -0.2) is 4.79 Å². The number of esters is 1. The van der Waals surface area contributed by atoms with Crippen molar-refractivity contribution in [1.29, 1.82) is 0 Å². The Labute approximate surface area is 146 Å². The molecule has 1 amide bonds. The third-order valence-electron chi connectivity index (χ3n) is 3.46. The van der Waals surface area contributed by atoms with Crippen LogP contribution in [0.4, 0.5) is 5.69 Å². The van der Waals surface area contributed by atoms with E-state index in [1.54, 1.807) is 42.5 Å². The highest BCUT2D eigenvalue weighted by Gasteiger charge is 2.12. The van der Waals surface area contributed by atoms with Gasteiger partial charge in [-0.1, -0.05) is 6.92 Å².